The van der Waals surface area contributed by atoms with Crippen LogP contribution in [0.5, 0.6) is 0 Å². The van der Waals surface area contributed by atoms with E-state index in [1.807, 2.05) is 37.5 Å². The van der Waals surface area contributed by atoms with Crippen LogP contribution in [0.4, 0.5) is 8.78 Å². The van der Waals surface area contributed by atoms with Crippen LogP contribution in [0.3, 0.4) is 0 Å². The molecule has 1 aromatic carbocycles. The van der Waals surface area contributed by atoms with Gasteiger partial charge >= 0.3 is 0 Å². The zero-order chi connectivity index (χ0) is 32.7. The highest BCUT2D eigenvalue weighted by atomic mass is 35.5. The number of carbonyl (C=O) groups is 2. The maximum absolute atomic E-state index is 15.6. The number of halogens is 4. The molecule has 1 N–H and O–H groups in total. The normalized spacial score (nSPS) is 31.8. The van der Waals surface area contributed by atoms with Gasteiger partial charge in [-0.2, -0.15) is 0 Å². The number of thioether (sulfide) groups is 1. The molecule has 0 aromatic heterocycles. The molecule has 0 bridgehead atoms. The molecule has 12 heteroatoms. The summed E-state index contributed by atoms with van der Waals surface area (Å²) in [6, 6.07) is 3.36. The van der Waals surface area contributed by atoms with Crippen molar-refractivity contribution in [3.8, 4) is 0 Å². The lowest BCUT2D eigenvalue weighted by Gasteiger charge is -2.41. The molecule has 5 atom stereocenters. The van der Waals surface area contributed by atoms with Gasteiger partial charge in [-0.15, -0.1) is 0 Å². The van der Waals surface area contributed by atoms with Crippen molar-refractivity contribution >= 4 is 51.9 Å². The van der Waals surface area contributed by atoms with E-state index < -0.39 is 35.2 Å². The molecule has 1 saturated carbocycles. The Hall–Kier alpha value is -2.40. The van der Waals surface area contributed by atoms with E-state index in [-0.39, 0.29) is 39.4 Å². The number of hydrogen-bond donors (Lipinski definition) is 1. The minimum atomic E-state index is -1.12. The second kappa shape index (κ2) is 11.6. The number of carbonyl (C=O) groups excluding carboxylic acids is 2. The van der Waals surface area contributed by atoms with E-state index in [0.29, 0.717) is 41.6 Å². The SMILES string of the molecule is CC(C)C1=C(C(=O)N2[C@H](C)CC[C@H]2C(=O)N2CCNC3(CC3)C2)SC2=N[C@@](C)(c3ccc(Cl)cc3F)[C@@H](C3C=C(F)C(Cl)=CC3)N21. The van der Waals surface area contributed by atoms with Crippen LogP contribution < -0.4 is 5.32 Å². The van der Waals surface area contributed by atoms with Crippen LogP contribution in [0.25, 0.3) is 0 Å². The van der Waals surface area contributed by atoms with Gasteiger partial charge in [0, 0.05) is 53.4 Å². The number of likely N-dealkylation sites (tertiary alicyclic amines) is 1. The fourth-order valence-electron chi connectivity index (χ4n) is 8.11. The Bertz CT molecular complexity index is 1620. The Labute approximate surface area is 283 Å². The highest BCUT2D eigenvalue weighted by molar-refractivity contribution is 8.18. The molecule has 7 nitrogen and oxygen atoms in total. The van der Waals surface area contributed by atoms with Crippen LogP contribution in [0, 0.1) is 17.7 Å². The second-order valence-corrected chi connectivity index (χ2v) is 15.9. The zero-order valence-electron chi connectivity index (χ0n) is 26.5. The maximum Gasteiger partial charge on any atom is 0.263 e. The average Bonchev–Trinajstić information content (AvgIpc) is 3.33. The monoisotopic (exact) mass is 689 g/mol. The van der Waals surface area contributed by atoms with E-state index in [2.05, 4.69) is 5.32 Å². The molecule has 0 radical (unpaired) electrons. The minimum absolute atomic E-state index is 0.0214. The minimum Gasteiger partial charge on any atom is -0.338 e. The molecule has 46 heavy (non-hydrogen) atoms. The molecular formula is C34H39Cl2F2N5O2S. The molecule has 1 spiro atoms. The van der Waals surface area contributed by atoms with Gasteiger partial charge in [-0.05, 0) is 81.8 Å². The first kappa shape index (κ1) is 32.2. The number of allylic oxidation sites excluding steroid dienone is 4. The third-order valence-electron chi connectivity index (χ3n) is 10.6. The second-order valence-electron chi connectivity index (χ2n) is 14.0. The molecule has 4 aliphatic heterocycles. The lowest BCUT2D eigenvalue weighted by atomic mass is 9.75. The Morgan fingerprint density at radius 1 is 1.17 bits per heavy atom. The largest absolute Gasteiger partial charge is 0.338 e. The third kappa shape index (κ3) is 5.22. The number of aliphatic imine (C=N–C) groups is 1. The zero-order valence-corrected chi connectivity index (χ0v) is 28.8. The van der Waals surface area contributed by atoms with E-state index in [9.17, 15) is 9.59 Å². The van der Waals surface area contributed by atoms with Crippen molar-refractivity contribution in [3.63, 3.8) is 0 Å². The number of hydrogen-bond acceptors (Lipinski definition) is 6. The Morgan fingerprint density at radius 3 is 2.61 bits per heavy atom. The van der Waals surface area contributed by atoms with Crippen molar-refractivity contribution in [2.24, 2.45) is 16.8 Å². The van der Waals surface area contributed by atoms with E-state index in [1.54, 1.807) is 23.1 Å². The average molecular weight is 691 g/mol. The summed E-state index contributed by atoms with van der Waals surface area (Å²) >= 11 is 13.5. The molecule has 2 amide bonds. The van der Waals surface area contributed by atoms with Gasteiger partial charge in [-0.1, -0.05) is 49.2 Å². The summed E-state index contributed by atoms with van der Waals surface area (Å²) in [6.07, 6.45) is 7.08. The molecule has 2 saturated heterocycles. The van der Waals surface area contributed by atoms with Gasteiger partial charge < -0.3 is 20.0 Å². The molecule has 7 rings (SSSR count). The van der Waals surface area contributed by atoms with Crippen LogP contribution in [0.2, 0.25) is 5.02 Å². The van der Waals surface area contributed by atoms with Crippen LogP contribution in [-0.4, -0.2) is 75.0 Å². The molecule has 1 aromatic rings. The topological polar surface area (TPSA) is 68.2 Å². The Balaban J connectivity index is 1.26. The first-order valence-corrected chi connectivity index (χ1v) is 17.8. The highest BCUT2D eigenvalue weighted by Gasteiger charge is 2.57. The summed E-state index contributed by atoms with van der Waals surface area (Å²) in [7, 11) is 0. The summed E-state index contributed by atoms with van der Waals surface area (Å²) in [4.78, 5) is 40.0. The number of nitrogens with zero attached hydrogens (tertiary/aromatic N) is 4. The summed E-state index contributed by atoms with van der Waals surface area (Å²) < 4.78 is 30.7. The molecule has 3 fully saturated rings. The molecular weight excluding hydrogens is 651 g/mol. The Kier molecular flexibility index (Phi) is 8.13. The number of nitrogens with one attached hydrogen (secondary N) is 1. The van der Waals surface area contributed by atoms with Crippen molar-refractivity contribution in [2.45, 2.75) is 89.0 Å². The fourth-order valence-corrected chi connectivity index (χ4v) is 9.78. The van der Waals surface area contributed by atoms with Gasteiger partial charge in [0.2, 0.25) is 5.91 Å². The first-order valence-electron chi connectivity index (χ1n) is 16.2. The Morgan fingerprint density at radius 2 is 1.93 bits per heavy atom. The van der Waals surface area contributed by atoms with E-state index in [0.717, 1.165) is 31.5 Å². The van der Waals surface area contributed by atoms with Gasteiger partial charge in [0.1, 0.15) is 28.1 Å². The lowest BCUT2D eigenvalue weighted by Crippen LogP contribution is -2.58. The number of fused-ring (bicyclic) bond motifs is 1. The molecule has 1 unspecified atom stereocenters. The fraction of sp³-hybridized carbons (Fsp3) is 0.559. The molecule has 6 aliphatic rings. The van der Waals surface area contributed by atoms with Gasteiger partial charge in [0.05, 0.1) is 11.1 Å². The van der Waals surface area contributed by atoms with Crippen LogP contribution in [-0.2, 0) is 15.1 Å². The number of benzene rings is 1. The van der Waals surface area contributed by atoms with Crippen molar-refractivity contribution in [2.75, 3.05) is 19.6 Å². The summed E-state index contributed by atoms with van der Waals surface area (Å²) in [5.74, 6) is -1.73. The summed E-state index contributed by atoms with van der Waals surface area (Å²) in [5.41, 5.74) is 0.0295. The van der Waals surface area contributed by atoms with Crippen LogP contribution in [0.1, 0.15) is 65.4 Å². The molecule has 4 heterocycles. The smallest absolute Gasteiger partial charge is 0.263 e. The predicted molar refractivity (Wildman–Crippen MR) is 178 cm³/mol. The van der Waals surface area contributed by atoms with Gasteiger partial charge in [0.25, 0.3) is 5.91 Å². The number of piperazine rings is 1. The number of rotatable bonds is 5. The highest BCUT2D eigenvalue weighted by Crippen LogP contribution is 2.54. The standard InChI is InChI=1S/C34H39Cl2F2N5O2S/c1-18(2)27-28(31(45)42-19(3)5-10-26(42)30(44)41-14-13-39-34(17-41)11-12-34)46-32-40-33(4,22-8-7-21(35)16-24(22)37)29(43(27)32)20-6-9-23(36)25(38)15-20/h7-9,15-16,18-20,26,29,39H,5-6,10-14,17H2,1-4H3/t19-,20?,26+,29-,33+/m1/s1. The number of amidine groups is 1. The number of amides is 2. The summed E-state index contributed by atoms with van der Waals surface area (Å²) in [6.45, 7) is 9.98. The predicted octanol–water partition coefficient (Wildman–Crippen LogP) is 6.69. The van der Waals surface area contributed by atoms with E-state index in [1.165, 1.54) is 23.9 Å². The van der Waals surface area contributed by atoms with Crippen LogP contribution >= 0.6 is 35.0 Å². The van der Waals surface area contributed by atoms with E-state index >= 15 is 8.78 Å². The summed E-state index contributed by atoms with van der Waals surface area (Å²) in [5, 5.41) is 4.45. The van der Waals surface area contributed by atoms with Crippen LogP contribution in [0.15, 0.2) is 56.8 Å². The first-order chi connectivity index (χ1) is 21.8. The van der Waals surface area contributed by atoms with Crippen molar-refractivity contribution in [3.05, 3.63) is 68.2 Å². The molecule has 246 valence electrons. The van der Waals surface area contributed by atoms with Gasteiger partial charge in [-0.3, -0.25) is 9.59 Å². The van der Waals surface area contributed by atoms with Gasteiger partial charge in [0.15, 0.2) is 5.17 Å². The third-order valence-corrected chi connectivity index (χ3v) is 12.2. The van der Waals surface area contributed by atoms with E-state index in [4.69, 9.17) is 28.2 Å². The van der Waals surface area contributed by atoms with Gasteiger partial charge in [-0.25, -0.2) is 13.8 Å². The van der Waals surface area contributed by atoms with Crippen molar-refractivity contribution in [1.29, 1.82) is 0 Å². The maximum atomic E-state index is 15.6. The lowest BCUT2D eigenvalue weighted by molar-refractivity contribution is -0.144. The molecule has 2 aliphatic carbocycles. The quantitative estimate of drug-likeness (QED) is 0.373. The van der Waals surface area contributed by atoms with Crippen molar-refractivity contribution in [1.82, 2.24) is 20.0 Å². The van der Waals surface area contributed by atoms with Crippen molar-refractivity contribution < 1.29 is 18.4 Å².